The fraction of sp³-hybridized carbons (Fsp3) is 0.0833. The van der Waals surface area contributed by atoms with Crippen LogP contribution in [0.25, 0.3) is 66.4 Å². The molecule has 1 heteroatoms. The average Bonchev–Trinajstić information content (AvgIpc) is 3.71. The summed E-state index contributed by atoms with van der Waals surface area (Å²) in [5.74, 6) is 0. The van der Waals surface area contributed by atoms with Gasteiger partial charge in [-0.1, -0.05) is 136 Å². The highest BCUT2D eigenvalue weighted by molar-refractivity contribution is 6.10. The molecule has 0 aliphatic heterocycles. The maximum atomic E-state index is 4.52. The Hall–Kier alpha value is -5.92. The van der Waals surface area contributed by atoms with E-state index in [9.17, 15) is 0 Å². The molecule has 1 nitrogen and oxygen atoms in total. The van der Waals surface area contributed by atoms with Gasteiger partial charge in [-0.2, -0.15) is 0 Å². The molecule has 1 aromatic heterocycles. The summed E-state index contributed by atoms with van der Waals surface area (Å²) >= 11 is 0. The van der Waals surface area contributed by atoms with Crippen molar-refractivity contribution in [3.8, 4) is 39.1 Å². The summed E-state index contributed by atoms with van der Waals surface area (Å²) < 4.78 is 2.43. The first-order valence-corrected chi connectivity index (χ1v) is 17.3. The van der Waals surface area contributed by atoms with E-state index < -0.39 is 0 Å². The first kappa shape index (κ1) is 28.1. The number of fused-ring (bicyclic) bond motifs is 9. The predicted molar refractivity (Wildman–Crippen MR) is 207 cm³/mol. The first-order valence-electron chi connectivity index (χ1n) is 17.3. The van der Waals surface area contributed by atoms with Crippen molar-refractivity contribution in [2.45, 2.75) is 25.7 Å². The molecule has 0 bridgehead atoms. The quantitative estimate of drug-likeness (QED) is 0.183. The second-order valence-electron chi connectivity index (χ2n) is 14.2. The Bertz CT molecular complexity index is 2680. The second-order valence-corrected chi connectivity index (χ2v) is 14.2. The Kier molecular flexibility index (Phi) is 5.91. The number of rotatable bonds is 4. The fourth-order valence-electron chi connectivity index (χ4n) is 8.80. The Morgan fingerprint density at radius 1 is 0.510 bits per heavy atom. The van der Waals surface area contributed by atoms with Gasteiger partial charge in [0.15, 0.2) is 0 Å². The molecule has 0 spiro atoms. The van der Waals surface area contributed by atoms with Crippen molar-refractivity contribution in [1.29, 1.82) is 0 Å². The minimum Gasteiger partial charge on any atom is -0.309 e. The lowest BCUT2D eigenvalue weighted by Crippen LogP contribution is -2.14. The van der Waals surface area contributed by atoms with Gasteiger partial charge in [-0.05, 0) is 115 Å². The zero-order valence-corrected chi connectivity index (χ0v) is 27.8. The molecule has 0 saturated heterocycles. The molecule has 0 saturated carbocycles. The minimum absolute atomic E-state index is 0.00982. The van der Waals surface area contributed by atoms with Crippen LogP contribution in [0.4, 0.5) is 0 Å². The molecule has 7 aromatic carbocycles. The Morgan fingerprint density at radius 3 is 2.08 bits per heavy atom. The van der Waals surface area contributed by atoms with E-state index in [-0.39, 0.29) is 5.41 Å². The van der Waals surface area contributed by atoms with Crippen LogP contribution in [0.15, 0.2) is 158 Å². The van der Waals surface area contributed by atoms with Crippen molar-refractivity contribution >= 4 is 27.4 Å². The van der Waals surface area contributed by atoms with Gasteiger partial charge in [0, 0.05) is 21.9 Å². The van der Waals surface area contributed by atoms with Crippen molar-refractivity contribution in [2.75, 3.05) is 0 Å². The zero-order chi connectivity index (χ0) is 32.9. The lowest BCUT2D eigenvalue weighted by atomic mass is 9.82. The molecule has 0 fully saturated rings. The van der Waals surface area contributed by atoms with Crippen molar-refractivity contribution < 1.29 is 0 Å². The van der Waals surface area contributed by atoms with Crippen LogP contribution in [0, 0.1) is 0 Å². The maximum absolute atomic E-state index is 4.52. The monoisotopic (exact) mass is 625 g/mol. The maximum Gasteiger partial charge on any atom is 0.0541 e. The lowest BCUT2D eigenvalue weighted by Gasteiger charge is -2.21. The molecule has 0 unspecified atom stereocenters. The van der Waals surface area contributed by atoms with Crippen LogP contribution in [-0.4, -0.2) is 4.57 Å². The highest BCUT2D eigenvalue weighted by Crippen LogP contribution is 2.50. The van der Waals surface area contributed by atoms with Gasteiger partial charge in [-0.15, -0.1) is 0 Å². The summed E-state index contributed by atoms with van der Waals surface area (Å²) in [6.07, 6.45) is 0.851. The summed E-state index contributed by atoms with van der Waals surface area (Å²) in [5.41, 5.74) is 20.5. The Balaban J connectivity index is 1.06. The largest absolute Gasteiger partial charge is 0.309 e. The number of aromatic nitrogens is 1. The van der Waals surface area contributed by atoms with Gasteiger partial charge in [-0.25, -0.2) is 0 Å². The van der Waals surface area contributed by atoms with E-state index in [0.29, 0.717) is 0 Å². The molecular formula is C48H35N. The van der Waals surface area contributed by atoms with E-state index in [2.05, 4.69) is 177 Å². The highest BCUT2D eigenvalue weighted by Gasteiger charge is 2.35. The summed E-state index contributed by atoms with van der Waals surface area (Å²) in [4.78, 5) is 0. The van der Waals surface area contributed by atoms with Crippen molar-refractivity contribution in [2.24, 2.45) is 0 Å². The van der Waals surface area contributed by atoms with Crippen LogP contribution < -0.4 is 0 Å². The third-order valence-electron chi connectivity index (χ3n) is 11.1. The van der Waals surface area contributed by atoms with E-state index in [4.69, 9.17) is 0 Å². The summed E-state index contributed by atoms with van der Waals surface area (Å²) in [7, 11) is 0. The molecule has 49 heavy (non-hydrogen) atoms. The van der Waals surface area contributed by atoms with Gasteiger partial charge in [0.25, 0.3) is 0 Å². The van der Waals surface area contributed by atoms with Gasteiger partial charge in [0.1, 0.15) is 0 Å². The average molecular weight is 626 g/mol. The van der Waals surface area contributed by atoms with E-state index >= 15 is 0 Å². The van der Waals surface area contributed by atoms with E-state index in [1.54, 1.807) is 0 Å². The molecular weight excluding hydrogens is 591 g/mol. The molecule has 0 atom stereocenters. The third kappa shape index (κ3) is 4.06. The number of benzene rings is 7. The zero-order valence-electron chi connectivity index (χ0n) is 27.8. The number of para-hydroxylation sites is 1. The smallest absolute Gasteiger partial charge is 0.0541 e. The van der Waals surface area contributed by atoms with Crippen LogP contribution >= 0.6 is 0 Å². The van der Waals surface area contributed by atoms with Crippen LogP contribution in [-0.2, 0) is 11.8 Å². The molecule has 1 heterocycles. The van der Waals surface area contributed by atoms with Crippen LogP contribution in [0.3, 0.4) is 0 Å². The summed E-state index contributed by atoms with van der Waals surface area (Å²) in [6, 6.07) is 56.2. The normalized spacial score (nSPS) is 13.8. The highest BCUT2D eigenvalue weighted by atomic mass is 15.0. The topological polar surface area (TPSA) is 4.93 Å². The van der Waals surface area contributed by atoms with E-state index in [1.807, 2.05) is 0 Å². The molecule has 0 radical (unpaired) electrons. The van der Waals surface area contributed by atoms with Gasteiger partial charge in [0.2, 0.25) is 0 Å². The predicted octanol–water partition coefficient (Wildman–Crippen LogP) is 12.4. The van der Waals surface area contributed by atoms with Crippen LogP contribution in [0.2, 0.25) is 0 Å². The Labute approximate surface area is 287 Å². The fourth-order valence-corrected chi connectivity index (χ4v) is 8.80. The standard InChI is InChI=1S/C48H35N/c1-30-36-15-4-5-16-37(36)40-19-11-13-34(47(30)40)26-31-12-10-14-35(27-31)49-45-21-9-7-18-39(45)42-29-33(23-25-46(42)49)32-22-24-44-41(28-32)38-17-6-8-20-43(38)48(44,2)3/h4-25,27-29H,1,26H2,2-3H3. The first-order chi connectivity index (χ1) is 24.0. The third-order valence-corrected chi connectivity index (χ3v) is 11.1. The van der Waals surface area contributed by atoms with Gasteiger partial charge in [-0.3, -0.25) is 0 Å². The van der Waals surface area contributed by atoms with Gasteiger partial charge < -0.3 is 4.57 Å². The summed E-state index contributed by atoms with van der Waals surface area (Å²) in [6.45, 7) is 9.21. The van der Waals surface area contributed by atoms with Crippen molar-refractivity contribution in [3.63, 3.8) is 0 Å². The van der Waals surface area contributed by atoms with Gasteiger partial charge in [0.05, 0.1) is 11.0 Å². The van der Waals surface area contributed by atoms with E-state index in [1.165, 1.54) is 94.3 Å². The van der Waals surface area contributed by atoms with Crippen molar-refractivity contribution in [1.82, 2.24) is 4.57 Å². The lowest BCUT2D eigenvalue weighted by molar-refractivity contribution is 0.660. The molecule has 2 aliphatic carbocycles. The number of nitrogens with zero attached hydrogens (tertiary/aromatic N) is 1. The number of hydrogen-bond acceptors (Lipinski definition) is 0. The summed E-state index contributed by atoms with van der Waals surface area (Å²) in [5, 5.41) is 2.54. The molecule has 2 aliphatic rings. The SMILES string of the molecule is C=C1c2ccccc2-c2cccc(Cc3cccc(-n4c5ccccc5c5cc(-c6ccc7c(c6)-c6ccccc6C7(C)C)ccc54)c3)c21. The van der Waals surface area contributed by atoms with Gasteiger partial charge >= 0.3 is 0 Å². The molecule has 8 aromatic rings. The van der Waals surface area contributed by atoms with Crippen LogP contribution in [0.5, 0.6) is 0 Å². The molecule has 0 amide bonds. The number of hydrogen-bond donors (Lipinski definition) is 0. The molecule has 232 valence electrons. The molecule has 0 N–H and O–H groups in total. The van der Waals surface area contributed by atoms with Crippen LogP contribution in [0.1, 0.15) is 47.2 Å². The Morgan fingerprint density at radius 2 is 1.18 bits per heavy atom. The minimum atomic E-state index is 0.00982. The molecule has 10 rings (SSSR count). The second kappa shape index (κ2) is 10.3. The van der Waals surface area contributed by atoms with Crippen molar-refractivity contribution in [3.05, 3.63) is 192 Å². The van der Waals surface area contributed by atoms with E-state index in [0.717, 1.165) is 12.0 Å².